The van der Waals surface area contributed by atoms with Crippen molar-refractivity contribution in [2.75, 3.05) is 6.54 Å². The fourth-order valence-electron chi connectivity index (χ4n) is 0.853. The summed E-state index contributed by atoms with van der Waals surface area (Å²) in [5.41, 5.74) is -0.144. The molecule has 0 saturated heterocycles. The van der Waals surface area contributed by atoms with Crippen molar-refractivity contribution >= 4 is 5.82 Å². The lowest BCUT2D eigenvalue weighted by molar-refractivity contribution is -0.391. The van der Waals surface area contributed by atoms with E-state index in [4.69, 9.17) is 0 Å². The normalized spacial score (nSPS) is 12.0. The Hall–Kier alpha value is -1.86. The molecule has 1 N–H and O–H groups in total. The summed E-state index contributed by atoms with van der Waals surface area (Å²) in [5, 5.41) is 23.1. The van der Waals surface area contributed by atoms with Crippen molar-refractivity contribution in [2.45, 2.75) is 6.92 Å². The summed E-state index contributed by atoms with van der Waals surface area (Å²) in [5.74, 6) is -0.452. The molecule has 0 aliphatic carbocycles. The van der Waals surface area contributed by atoms with Gasteiger partial charge in [0.1, 0.15) is 0 Å². The average Bonchev–Trinajstić information content (AvgIpc) is 2.33. The Balaban J connectivity index is 3.45. The van der Waals surface area contributed by atoms with Crippen LogP contribution in [0.1, 0.15) is 6.92 Å². The van der Waals surface area contributed by atoms with Gasteiger partial charge in [0, 0.05) is 6.54 Å². The Kier molecular flexibility index (Phi) is 2.31. The number of nitrogens with zero attached hydrogens (tertiary/aromatic N) is 5. The standard InChI is InChI=1S/C5H9N5O3/c1-3-6-4-5(10(12)13)7-8(2)9(4)11/h11H,3H2,1-2H3. The van der Waals surface area contributed by atoms with Gasteiger partial charge in [-0.15, -0.1) is 0 Å². The van der Waals surface area contributed by atoms with E-state index in [1.54, 1.807) is 6.92 Å². The van der Waals surface area contributed by atoms with Gasteiger partial charge in [-0.1, -0.05) is 9.64 Å². The van der Waals surface area contributed by atoms with E-state index in [1.807, 2.05) is 0 Å². The predicted octanol–water partition coefficient (Wildman–Crippen LogP) is -0.712. The topological polar surface area (TPSA) is 98.5 Å². The van der Waals surface area contributed by atoms with Crippen LogP contribution >= 0.6 is 0 Å². The zero-order valence-corrected chi connectivity index (χ0v) is 7.21. The molecule has 0 bridgehead atoms. The molecule has 0 unspecified atom stereocenters. The molecule has 0 aliphatic rings. The Morgan fingerprint density at radius 2 is 2.38 bits per heavy atom. The van der Waals surface area contributed by atoms with E-state index < -0.39 is 10.7 Å². The number of hydrogen-bond acceptors (Lipinski definition) is 5. The number of rotatable bonds is 2. The van der Waals surface area contributed by atoms with Crippen LogP contribution in [0.5, 0.6) is 0 Å². The highest BCUT2D eigenvalue weighted by atomic mass is 16.6. The number of aryl methyl sites for hydroxylation is 1. The summed E-state index contributed by atoms with van der Waals surface area (Å²) in [6.45, 7) is 2.05. The largest absolute Gasteiger partial charge is 0.438 e. The Morgan fingerprint density at radius 1 is 1.77 bits per heavy atom. The van der Waals surface area contributed by atoms with E-state index in [0.717, 1.165) is 4.80 Å². The maximum atomic E-state index is 10.4. The fraction of sp³-hybridized carbons (Fsp3) is 0.600. The molecule has 1 aromatic heterocycles. The molecule has 0 radical (unpaired) electrons. The van der Waals surface area contributed by atoms with Gasteiger partial charge in [0.25, 0.3) is 5.49 Å². The van der Waals surface area contributed by atoms with Crippen LogP contribution < -0.4 is 5.49 Å². The summed E-state index contributed by atoms with van der Waals surface area (Å²) in [7, 11) is 1.38. The summed E-state index contributed by atoms with van der Waals surface area (Å²) in [6.07, 6.45) is 0. The Bertz CT molecular complexity index is 389. The van der Waals surface area contributed by atoms with Crippen LogP contribution in [0.2, 0.25) is 0 Å². The van der Waals surface area contributed by atoms with Gasteiger partial charge in [-0.3, -0.25) is 4.99 Å². The lowest BCUT2D eigenvalue weighted by Gasteiger charge is -1.89. The highest BCUT2D eigenvalue weighted by molar-refractivity contribution is 5.08. The lowest BCUT2D eigenvalue weighted by Crippen LogP contribution is -2.21. The molecular weight excluding hydrogens is 178 g/mol. The number of hydrogen-bond donors (Lipinski definition) is 1. The van der Waals surface area contributed by atoms with Gasteiger partial charge in [0.2, 0.25) is 0 Å². The van der Waals surface area contributed by atoms with Gasteiger partial charge in [-0.25, -0.2) is 0 Å². The molecule has 0 aromatic carbocycles. The molecule has 72 valence electrons. The molecule has 8 heteroatoms. The Morgan fingerprint density at radius 3 is 2.85 bits per heavy atom. The van der Waals surface area contributed by atoms with E-state index in [-0.39, 0.29) is 5.49 Å². The van der Waals surface area contributed by atoms with E-state index in [2.05, 4.69) is 10.1 Å². The van der Waals surface area contributed by atoms with E-state index in [9.17, 15) is 15.3 Å². The first-order valence-electron chi connectivity index (χ1n) is 3.58. The quantitative estimate of drug-likeness (QED) is 0.375. The summed E-state index contributed by atoms with van der Waals surface area (Å²) < 4.78 is 0. The third-order valence-corrected chi connectivity index (χ3v) is 1.38. The van der Waals surface area contributed by atoms with Gasteiger partial charge in [-0.05, 0) is 11.8 Å². The van der Waals surface area contributed by atoms with E-state index >= 15 is 0 Å². The molecule has 1 heterocycles. The second-order valence-corrected chi connectivity index (χ2v) is 2.26. The zero-order chi connectivity index (χ0) is 10.0. The molecule has 8 nitrogen and oxygen atoms in total. The minimum absolute atomic E-state index is 0.144. The van der Waals surface area contributed by atoms with Crippen LogP contribution in [0, 0.1) is 10.1 Å². The lowest BCUT2D eigenvalue weighted by atomic mass is 10.7. The van der Waals surface area contributed by atoms with Crippen LogP contribution in [0.3, 0.4) is 0 Å². The van der Waals surface area contributed by atoms with Crippen molar-refractivity contribution in [3.63, 3.8) is 0 Å². The maximum absolute atomic E-state index is 10.4. The van der Waals surface area contributed by atoms with Crippen molar-refractivity contribution in [1.82, 2.24) is 14.7 Å². The SMILES string of the molecule is CCN=c1c([N+](=O)[O-])nn(C)n1O. The summed E-state index contributed by atoms with van der Waals surface area (Å²) in [6, 6.07) is 0. The molecule has 0 saturated carbocycles. The van der Waals surface area contributed by atoms with Gasteiger partial charge < -0.3 is 15.3 Å². The van der Waals surface area contributed by atoms with E-state index in [1.165, 1.54) is 7.05 Å². The van der Waals surface area contributed by atoms with Crippen molar-refractivity contribution in [2.24, 2.45) is 12.0 Å². The summed E-state index contributed by atoms with van der Waals surface area (Å²) >= 11 is 0. The molecule has 0 atom stereocenters. The third-order valence-electron chi connectivity index (χ3n) is 1.38. The molecule has 0 spiro atoms. The first-order chi connectivity index (χ1) is 6.07. The van der Waals surface area contributed by atoms with Gasteiger partial charge in [-0.2, -0.15) is 0 Å². The maximum Gasteiger partial charge on any atom is 0.438 e. The Labute approximate surface area is 72.8 Å². The predicted molar refractivity (Wildman–Crippen MR) is 41.1 cm³/mol. The molecule has 0 aliphatic heterocycles. The fourth-order valence-corrected chi connectivity index (χ4v) is 0.853. The van der Waals surface area contributed by atoms with Crippen LogP contribution in [0.15, 0.2) is 4.99 Å². The van der Waals surface area contributed by atoms with Crippen LogP contribution in [-0.4, -0.2) is 31.4 Å². The highest BCUT2D eigenvalue weighted by Gasteiger charge is 2.19. The molecule has 0 amide bonds. The second-order valence-electron chi connectivity index (χ2n) is 2.26. The van der Waals surface area contributed by atoms with Gasteiger partial charge in [0.15, 0.2) is 0 Å². The first kappa shape index (κ1) is 9.23. The third kappa shape index (κ3) is 1.50. The van der Waals surface area contributed by atoms with Crippen molar-refractivity contribution in [3.05, 3.63) is 15.6 Å². The van der Waals surface area contributed by atoms with Crippen LogP contribution in [0.4, 0.5) is 5.82 Å². The number of aromatic nitrogens is 3. The zero-order valence-electron chi connectivity index (χ0n) is 7.21. The monoisotopic (exact) mass is 187 g/mol. The molecule has 1 aromatic rings. The molecule has 1 rings (SSSR count). The van der Waals surface area contributed by atoms with E-state index in [0.29, 0.717) is 11.4 Å². The molecular formula is C5H9N5O3. The first-order valence-corrected chi connectivity index (χ1v) is 3.58. The van der Waals surface area contributed by atoms with Crippen molar-refractivity contribution < 1.29 is 10.1 Å². The molecule has 13 heavy (non-hydrogen) atoms. The van der Waals surface area contributed by atoms with Crippen molar-refractivity contribution in [3.8, 4) is 0 Å². The average molecular weight is 187 g/mol. The smallest absolute Gasteiger partial charge is 0.409 e. The van der Waals surface area contributed by atoms with Crippen LogP contribution in [0.25, 0.3) is 0 Å². The van der Waals surface area contributed by atoms with Gasteiger partial charge in [0.05, 0.1) is 12.1 Å². The van der Waals surface area contributed by atoms with Gasteiger partial charge >= 0.3 is 5.82 Å². The number of nitro groups is 1. The second kappa shape index (κ2) is 3.25. The van der Waals surface area contributed by atoms with Crippen molar-refractivity contribution in [1.29, 1.82) is 0 Å². The highest BCUT2D eigenvalue weighted by Crippen LogP contribution is 1.95. The molecule has 0 fully saturated rings. The minimum Gasteiger partial charge on any atom is -0.409 e. The summed E-state index contributed by atoms with van der Waals surface area (Å²) in [4.78, 5) is 14.9. The van der Waals surface area contributed by atoms with Crippen LogP contribution in [-0.2, 0) is 7.05 Å². The minimum atomic E-state index is -0.693.